The summed E-state index contributed by atoms with van der Waals surface area (Å²) in [6, 6.07) is -1.15. The molecule has 0 spiro atoms. The van der Waals surface area contributed by atoms with Gasteiger partial charge in [-0.05, 0) is 38.5 Å². The summed E-state index contributed by atoms with van der Waals surface area (Å²) in [7, 11) is -5.11. The van der Waals surface area contributed by atoms with Crippen LogP contribution in [-0.4, -0.2) is 108 Å². The number of aliphatic hydroxyl groups is 7. The van der Waals surface area contributed by atoms with E-state index in [0.717, 1.165) is 57.8 Å². The Labute approximate surface area is 319 Å². The molecule has 0 bridgehead atoms. The van der Waals surface area contributed by atoms with E-state index in [1.165, 1.54) is 70.6 Å². The van der Waals surface area contributed by atoms with E-state index in [1.54, 1.807) is 0 Å². The molecule has 1 rings (SSSR count). The first-order chi connectivity index (χ1) is 25.3. The van der Waals surface area contributed by atoms with Crippen LogP contribution in [0.1, 0.15) is 168 Å². The fourth-order valence-electron chi connectivity index (χ4n) is 6.65. The summed E-state index contributed by atoms with van der Waals surface area (Å²) >= 11 is 0. The van der Waals surface area contributed by atoms with Crippen molar-refractivity contribution in [3.05, 3.63) is 12.2 Å². The third-order valence-corrected chi connectivity index (χ3v) is 11.1. The van der Waals surface area contributed by atoms with Gasteiger partial charge in [0.1, 0.15) is 36.6 Å². The quantitative estimate of drug-likeness (QED) is 0.0230. The summed E-state index contributed by atoms with van der Waals surface area (Å²) in [5.74, 6) is -0.572. The Bertz CT molecular complexity index is 974. The van der Waals surface area contributed by atoms with Gasteiger partial charge in [-0.1, -0.05) is 135 Å². The van der Waals surface area contributed by atoms with E-state index < -0.39 is 75.2 Å². The number of carbonyl (C=O) groups excluding carboxylic acids is 1. The predicted octanol–water partition coefficient (Wildman–Crippen LogP) is 5.47. The maximum absolute atomic E-state index is 12.9. The highest BCUT2D eigenvalue weighted by Gasteiger charge is 2.51. The van der Waals surface area contributed by atoms with Gasteiger partial charge in [0.15, 0.2) is 0 Å². The average Bonchev–Trinajstić information content (AvgIpc) is 3.12. The first kappa shape index (κ1) is 50.1. The van der Waals surface area contributed by atoms with E-state index in [0.29, 0.717) is 12.8 Å². The largest absolute Gasteiger partial charge is 0.472 e. The normalized spacial score (nSPS) is 24.9. The van der Waals surface area contributed by atoms with E-state index in [1.807, 2.05) is 0 Å². The average molecular weight is 782 g/mol. The predicted molar refractivity (Wildman–Crippen MR) is 206 cm³/mol. The van der Waals surface area contributed by atoms with Crippen molar-refractivity contribution in [2.24, 2.45) is 0 Å². The van der Waals surface area contributed by atoms with Gasteiger partial charge in [0.2, 0.25) is 5.91 Å². The van der Waals surface area contributed by atoms with Crippen LogP contribution in [0.5, 0.6) is 0 Å². The molecule has 1 aliphatic carbocycles. The molecule has 0 aromatic heterocycles. The van der Waals surface area contributed by atoms with Gasteiger partial charge in [0.05, 0.1) is 31.3 Å². The highest BCUT2D eigenvalue weighted by molar-refractivity contribution is 7.47. The monoisotopic (exact) mass is 782 g/mol. The van der Waals surface area contributed by atoms with Gasteiger partial charge in [0.25, 0.3) is 0 Å². The van der Waals surface area contributed by atoms with E-state index >= 15 is 0 Å². The molecule has 1 saturated carbocycles. The van der Waals surface area contributed by atoms with Crippen LogP contribution in [0.25, 0.3) is 0 Å². The molecule has 0 saturated heterocycles. The fraction of sp³-hybridized carbons (Fsp3) is 0.923. The fourth-order valence-corrected chi connectivity index (χ4v) is 7.62. The van der Waals surface area contributed by atoms with Crippen LogP contribution in [-0.2, 0) is 18.4 Å². The zero-order valence-electron chi connectivity index (χ0n) is 32.7. The Morgan fingerprint density at radius 2 is 1.06 bits per heavy atom. The van der Waals surface area contributed by atoms with Crippen LogP contribution in [0.4, 0.5) is 0 Å². The van der Waals surface area contributed by atoms with Crippen molar-refractivity contribution >= 4 is 13.7 Å². The Morgan fingerprint density at radius 3 is 1.57 bits per heavy atom. The van der Waals surface area contributed by atoms with E-state index in [2.05, 4.69) is 31.3 Å². The number of allylic oxidation sites excluding steroid dienone is 2. The molecule has 0 aliphatic heterocycles. The van der Waals surface area contributed by atoms with Gasteiger partial charge in [-0.15, -0.1) is 0 Å². The molecular formula is C39H76NO12P. The van der Waals surface area contributed by atoms with Crippen molar-refractivity contribution < 1.29 is 59.0 Å². The number of aliphatic hydroxyl groups excluding tert-OH is 7. The highest BCUT2D eigenvalue weighted by Crippen LogP contribution is 2.47. The lowest BCUT2D eigenvalue weighted by molar-refractivity contribution is -0.220. The van der Waals surface area contributed by atoms with Crippen molar-refractivity contribution in [1.82, 2.24) is 5.32 Å². The Hall–Kier alpha value is -0.960. The molecule has 1 aliphatic rings. The molecule has 13 nitrogen and oxygen atoms in total. The van der Waals surface area contributed by atoms with Crippen molar-refractivity contribution in [3.63, 3.8) is 0 Å². The van der Waals surface area contributed by atoms with E-state index in [9.17, 15) is 50.0 Å². The molecule has 0 aromatic carbocycles. The number of unbranched alkanes of at least 4 members (excludes halogenated alkanes) is 18. The van der Waals surface area contributed by atoms with Crippen molar-refractivity contribution in [3.8, 4) is 0 Å². The van der Waals surface area contributed by atoms with Gasteiger partial charge < -0.3 is 46.0 Å². The second-order valence-corrected chi connectivity index (χ2v) is 16.4. The molecule has 1 amide bonds. The third-order valence-electron chi connectivity index (χ3n) is 10.1. The Morgan fingerprint density at radius 1 is 0.642 bits per heavy atom. The second kappa shape index (κ2) is 30.2. The summed E-state index contributed by atoms with van der Waals surface area (Å²) in [6.07, 6.45) is 14.3. The number of carbonyl (C=O) groups is 1. The van der Waals surface area contributed by atoms with Gasteiger partial charge in [-0.3, -0.25) is 13.8 Å². The minimum absolute atomic E-state index is 0.231. The van der Waals surface area contributed by atoms with Crippen LogP contribution in [0, 0.1) is 0 Å². The second-order valence-electron chi connectivity index (χ2n) is 15.0. The molecule has 14 heteroatoms. The van der Waals surface area contributed by atoms with Crippen LogP contribution in [0.2, 0.25) is 0 Å². The van der Waals surface area contributed by atoms with Crippen LogP contribution < -0.4 is 5.32 Å². The number of phosphoric ester groups is 1. The van der Waals surface area contributed by atoms with E-state index in [-0.39, 0.29) is 12.8 Å². The van der Waals surface area contributed by atoms with Crippen LogP contribution >= 0.6 is 7.82 Å². The lowest BCUT2D eigenvalue weighted by Gasteiger charge is -2.41. The van der Waals surface area contributed by atoms with Crippen molar-refractivity contribution in [2.75, 3.05) is 6.61 Å². The molecule has 0 aromatic rings. The van der Waals surface area contributed by atoms with Crippen molar-refractivity contribution in [1.29, 1.82) is 0 Å². The minimum Gasteiger partial charge on any atom is -0.393 e. The highest BCUT2D eigenvalue weighted by atomic mass is 31.2. The molecule has 9 N–H and O–H groups in total. The SMILES string of the molecule is CCCCCCCCC/C=C\CCCCCC(O)CC(=O)NC(COP(=O)(O)OC1C(O)C(O)C(O)C(O)C1O)C(O)CCCCCCCCCCC. The Balaban J connectivity index is 2.57. The zero-order chi connectivity index (χ0) is 39.5. The molecule has 8 unspecified atom stereocenters. The number of hydrogen-bond donors (Lipinski definition) is 9. The number of phosphoric acid groups is 1. The Kier molecular flexibility index (Phi) is 28.5. The van der Waals surface area contributed by atoms with Crippen molar-refractivity contribution in [2.45, 2.75) is 223 Å². The number of nitrogens with one attached hydrogen (secondary N) is 1. The van der Waals surface area contributed by atoms with Gasteiger partial charge in [-0.2, -0.15) is 0 Å². The summed E-state index contributed by atoms with van der Waals surface area (Å²) in [6.45, 7) is 3.72. The third kappa shape index (κ3) is 23.0. The summed E-state index contributed by atoms with van der Waals surface area (Å²) in [5, 5.41) is 74.2. The molecule has 1 fully saturated rings. The zero-order valence-corrected chi connectivity index (χ0v) is 33.6. The summed E-state index contributed by atoms with van der Waals surface area (Å²) < 4.78 is 22.8. The van der Waals surface area contributed by atoms with Crippen LogP contribution in [0.3, 0.4) is 0 Å². The standard InChI is InChI=1S/C39H76NO12P/c1-3-5-7-9-11-13-14-15-16-17-19-20-22-24-26-30(41)28-33(43)40-31(32(42)27-25-23-21-18-12-10-8-6-4-2)29-51-53(49,50)52-39-37(47)35(45)34(44)36(46)38(39)48/h16-17,30-32,34-39,41-42,44-48H,3-15,18-29H2,1-2H3,(H,40,43)(H,49,50)/b17-16-. The molecule has 8 atom stereocenters. The summed E-state index contributed by atoms with van der Waals surface area (Å²) in [4.78, 5) is 23.3. The molecule has 0 radical (unpaired) electrons. The lowest BCUT2D eigenvalue weighted by atomic mass is 9.85. The first-order valence-corrected chi connectivity index (χ1v) is 22.2. The topological polar surface area (TPSA) is 226 Å². The number of rotatable bonds is 33. The summed E-state index contributed by atoms with van der Waals surface area (Å²) in [5.41, 5.74) is 0. The molecule has 0 heterocycles. The molecule has 53 heavy (non-hydrogen) atoms. The number of hydrogen-bond acceptors (Lipinski definition) is 11. The number of amides is 1. The maximum atomic E-state index is 12.9. The molecule has 314 valence electrons. The van der Waals surface area contributed by atoms with Gasteiger partial charge in [-0.25, -0.2) is 4.57 Å². The van der Waals surface area contributed by atoms with Gasteiger partial charge >= 0.3 is 7.82 Å². The van der Waals surface area contributed by atoms with Crippen LogP contribution in [0.15, 0.2) is 12.2 Å². The first-order valence-electron chi connectivity index (χ1n) is 20.7. The lowest BCUT2D eigenvalue weighted by Crippen LogP contribution is -2.64. The molecular weight excluding hydrogens is 705 g/mol. The van der Waals surface area contributed by atoms with E-state index in [4.69, 9.17) is 9.05 Å². The minimum atomic E-state index is -5.11. The smallest absolute Gasteiger partial charge is 0.393 e. The van der Waals surface area contributed by atoms with Gasteiger partial charge in [0, 0.05) is 0 Å². The maximum Gasteiger partial charge on any atom is 0.472 e.